The molecule has 0 saturated carbocycles. The van der Waals surface area contributed by atoms with Crippen LogP contribution in [0.3, 0.4) is 0 Å². The first-order chi connectivity index (χ1) is 14.4. The second kappa shape index (κ2) is 7.02. The summed E-state index contributed by atoms with van der Waals surface area (Å²) in [6.45, 7) is 2.91. The zero-order valence-electron chi connectivity index (χ0n) is 16.6. The molecule has 1 N–H and O–H groups in total. The van der Waals surface area contributed by atoms with Crippen molar-refractivity contribution in [3.05, 3.63) is 46.7 Å². The number of hydrogen-bond acceptors (Lipinski definition) is 5. The number of rotatable bonds is 2. The van der Waals surface area contributed by atoms with Crippen LogP contribution in [0.2, 0.25) is 0 Å². The molecule has 30 heavy (non-hydrogen) atoms. The molecule has 0 aliphatic carbocycles. The Balaban J connectivity index is 1.32. The fourth-order valence-corrected chi connectivity index (χ4v) is 5.03. The number of allylic oxidation sites excluding steroid dienone is 1. The minimum Gasteiger partial charge on any atom is -0.413 e. The Hall–Kier alpha value is -2.52. The molecule has 9 heteroatoms. The number of carbonyl (C=O) groups is 2. The smallest absolute Gasteiger partial charge is 0.257 e. The van der Waals surface area contributed by atoms with Crippen LogP contribution in [-0.2, 0) is 19.2 Å². The topological polar surface area (TPSA) is 71.1 Å². The van der Waals surface area contributed by atoms with Crippen molar-refractivity contribution in [3.63, 3.8) is 0 Å². The quantitative estimate of drug-likeness (QED) is 0.796. The molecule has 2 unspecified atom stereocenters. The van der Waals surface area contributed by atoms with E-state index in [1.54, 1.807) is 16.7 Å². The average Bonchev–Trinajstić information content (AvgIpc) is 3.38. The fourth-order valence-electron chi connectivity index (χ4n) is 5.03. The lowest BCUT2D eigenvalue weighted by molar-refractivity contribution is -0.147. The third kappa shape index (κ3) is 2.99. The van der Waals surface area contributed by atoms with Gasteiger partial charge in [0.25, 0.3) is 11.8 Å². The number of benzene rings is 1. The van der Waals surface area contributed by atoms with Crippen molar-refractivity contribution >= 4 is 11.8 Å². The second-order valence-electron chi connectivity index (χ2n) is 8.33. The van der Waals surface area contributed by atoms with Crippen LogP contribution in [0.5, 0.6) is 0 Å². The molecule has 1 spiro atoms. The number of piperidine rings is 1. The predicted molar refractivity (Wildman–Crippen MR) is 100 cm³/mol. The SMILES string of the molecule is CC1=C(C(=O)N2CCC3(CC2)OC2CCC(c4cc(F)cc(F)c4)N2C3=O)CNO1. The number of ether oxygens (including phenoxy) is 1. The lowest BCUT2D eigenvalue weighted by Gasteiger charge is -2.37. The molecule has 2 atom stereocenters. The van der Waals surface area contributed by atoms with Crippen LogP contribution in [0.15, 0.2) is 29.5 Å². The molecule has 1 aromatic carbocycles. The number of fused-ring (bicyclic) bond motifs is 1. The number of carbonyl (C=O) groups excluding carboxylic acids is 2. The van der Waals surface area contributed by atoms with Crippen LogP contribution in [0.25, 0.3) is 0 Å². The number of nitrogens with zero attached hydrogens (tertiary/aromatic N) is 2. The summed E-state index contributed by atoms with van der Waals surface area (Å²) in [5, 5.41) is 0. The van der Waals surface area contributed by atoms with Crippen molar-refractivity contribution in [1.82, 2.24) is 15.3 Å². The summed E-state index contributed by atoms with van der Waals surface area (Å²) in [6.07, 6.45) is 1.62. The van der Waals surface area contributed by atoms with Gasteiger partial charge in [0, 0.05) is 32.0 Å². The standard InChI is InChI=1S/C21H23F2N3O4/c1-12-16(11-24-30-12)19(27)25-6-4-21(5-7-25)20(28)26-17(2-3-18(26)29-21)13-8-14(22)10-15(23)9-13/h8-10,17-18,24H,2-7,11H2,1H3. The first kappa shape index (κ1) is 19.4. The van der Waals surface area contributed by atoms with Gasteiger partial charge in [-0.1, -0.05) is 0 Å². The summed E-state index contributed by atoms with van der Waals surface area (Å²) in [5.41, 5.74) is 2.77. The first-order valence-corrected chi connectivity index (χ1v) is 10.2. The van der Waals surface area contributed by atoms with Crippen molar-refractivity contribution in [2.45, 2.75) is 50.5 Å². The Kier molecular flexibility index (Phi) is 4.55. The van der Waals surface area contributed by atoms with Crippen LogP contribution in [0.4, 0.5) is 8.78 Å². The van der Waals surface area contributed by atoms with Crippen molar-refractivity contribution in [1.29, 1.82) is 0 Å². The zero-order chi connectivity index (χ0) is 21.0. The van der Waals surface area contributed by atoms with Crippen molar-refractivity contribution in [3.8, 4) is 0 Å². The van der Waals surface area contributed by atoms with Gasteiger partial charge in [-0.15, -0.1) is 0 Å². The number of hydroxylamine groups is 1. The van der Waals surface area contributed by atoms with Gasteiger partial charge in [-0.25, -0.2) is 8.78 Å². The summed E-state index contributed by atoms with van der Waals surface area (Å²) < 4.78 is 33.6. The van der Waals surface area contributed by atoms with Gasteiger partial charge in [-0.3, -0.25) is 9.59 Å². The van der Waals surface area contributed by atoms with Gasteiger partial charge in [-0.05, 0) is 37.5 Å². The van der Waals surface area contributed by atoms with Gasteiger partial charge in [-0.2, -0.15) is 5.48 Å². The van der Waals surface area contributed by atoms with Gasteiger partial charge in [0.05, 0.1) is 18.2 Å². The van der Waals surface area contributed by atoms with Crippen molar-refractivity contribution < 1.29 is 27.9 Å². The van der Waals surface area contributed by atoms with E-state index in [-0.39, 0.29) is 11.8 Å². The third-order valence-corrected chi connectivity index (χ3v) is 6.60. The predicted octanol–water partition coefficient (Wildman–Crippen LogP) is 2.15. The molecular weight excluding hydrogens is 396 g/mol. The van der Waals surface area contributed by atoms with E-state index in [1.165, 1.54) is 12.1 Å². The molecule has 3 saturated heterocycles. The van der Waals surface area contributed by atoms with E-state index in [1.807, 2.05) is 0 Å². The molecule has 3 fully saturated rings. The van der Waals surface area contributed by atoms with Crippen molar-refractivity contribution in [2.75, 3.05) is 19.6 Å². The maximum Gasteiger partial charge on any atom is 0.257 e. The number of nitrogens with one attached hydrogen (secondary N) is 1. The Morgan fingerprint density at radius 3 is 2.50 bits per heavy atom. The molecule has 5 rings (SSSR count). The molecule has 7 nitrogen and oxygen atoms in total. The van der Waals surface area contributed by atoms with Crippen molar-refractivity contribution in [2.24, 2.45) is 0 Å². The van der Waals surface area contributed by atoms with Crippen LogP contribution in [0.1, 0.15) is 44.2 Å². The van der Waals surface area contributed by atoms with E-state index >= 15 is 0 Å². The Bertz CT molecular complexity index is 922. The summed E-state index contributed by atoms with van der Waals surface area (Å²) in [6, 6.07) is 2.99. The van der Waals surface area contributed by atoms with E-state index in [0.29, 0.717) is 62.2 Å². The minimum absolute atomic E-state index is 0.0913. The summed E-state index contributed by atoms with van der Waals surface area (Å²) in [4.78, 5) is 34.6. The lowest BCUT2D eigenvalue weighted by atomic mass is 9.89. The maximum absolute atomic E-state index is 13.7. The number of amides is 2. The highest BCUT2D eigenvalue weighted by atomic mass is 19.1. The van der Waals surface area contributed by atoms with Crippen LogP contribution >= 0.6 is 0 Å². The minimum atomic E-state index is -0.972. The highest BCUT2D eigenvalue weighted by molar-refractivity contribution is 5.95. The zero-order valence-corrected chi connectivity index (χ0v) is 16.6. The van der Waals surface area contributed by atoms with Crippen LogP contribution < -0.4 is 5.48 Å². The largest absolute Gasteiger partial charge is 0.413 e. The monoisotopic (exact) mass is 419 g/mol. The summed E-state index contributed by atoms with van der Waals surface area (Å²) >= 11 is 0. The van der Waals surface area contributed by atoms with Crippen LogP contribution in [0, 0.1) is 11.6 Å². The molecule has 1 aromatic rings. The Morgan fingerprint density at radius 1 is 1.17 bits per heavy atom. The van der Waals surface area contributed by atoms with Gasteiger partial charge in [0.2, 0.25) is 0 Å². The molecule has 0 radical (unpaired) electrons. The fraction of sp³-hybridized carbons (Fsp3) is 0.524. The van der Waals surface area contributed by atoms with Gasteiger partial charge in [0.15, 0.2) is 5.60 Å². The molecule has 160 valence electrons. The highest BCUT2D eigenvalue weighted by Gasteiger charge is 2.58. The van der Waals surface area contributed by atoms with E-state index in [9.17, 15) is 18.4 Å². The Morgan fingerprint density at radius 2 is 1.87 bits per heavy atom. The Labute approximate surface area is 172 Å². The summed E-state index contributed by atoms with van der Waals surface area (Å²) in [7, 11) is 0. The first-order valence-electron chi connectivity index (χ1n) is 10.2. The van der Waals surface area contributed by atoms with Gasteiger partial charge in [0.1, 0.15) is 23.6 Å². The molecule has 4 aliphatic heterocycles. The normalized spacial score (nSPS) is 27.8. The van der Waals surface area contributed by atoms with E-state index in [4.69, 9.17) is 9.57 Å². The molecular formula is C21H23F2N3O4. The second-order valence-corrected chi connectivity index (χ2v) is 8.33. The molecule has 4 heterocycles. The molecule has 0 aromatic heterocycles. The van der Waals surface area contributed by atoms with Gasteiger partial charge >= 0.3 is 0 Å². The van der Waals surface area contributed by atoms with Crippen LogP contribution in [-0.4, -0.2) is 53.1 Å². The summed E-state index contributed by atoms with van der Waals surface area (Å²) in [5.74, 6) is -0.978. The maximum atomic E-state index is 13.7. The average molecular weight is 419 g/mol. The van der Waals surface area contributed by atoms with E-state index < -0.39 is 29.5 Å². The van der Waals surface area contributed by atoms with E-state index in [0.717, 1.165) is 6.07 Å². The molecule has 4 aliphatic rings. The molecule has 2 amide bonds. The van der Waals surface area contributed by atoms with Gasteiger partial charge < -0.3 is 19.4 Å². The number of likely N-dealkylation sites (tertiary alicyclic amines) is 1. The third-order valence-electron chi connectivity index (χ3n) is 6.60. The lowest BCUT2D eigenvalue weighted by Crippen LogP contribution is -2.52. The number of hydrogen-bond donors (Lipinski definition) is 1. The van der Waals surface area contributed by atoms with E-state index in [2.05, 4.69) is 5.48 Å². The molecule has 0 bridgehead atoms. The number of halogens is 2. The highest BCUT2D eigenvalue weighted by Crippen LogP contribution is 2.47.